The summed E-state index contributed by atoms with van der Waals surface area (Å²) in [7, 11) is 0. The number of halogens is 1. The molecule has 1 aromatic rings. The second-order valence-corrected chi connectivity index (χ2v) is 6.12. The summed E-state index contributed by atoms with van der Waals surface area (Å²) >= 11 is 6.27. The zero-order valence-corrected chi connectivity index (χ0v) is 12.4. The Kier molecular flexibility index (Phi) is 3.39. The van der Waals surface area contributed by atoms with E-state index in [1.807, 2.05) is 6.92 Å². The van der Waals surface area contributed by atoms with E-state index in [1.54, 1.807) is 0 Å². The lowest BCUT2D eigenvalue weighted by atomic mass is 10.2. The Bertz CT molecular complexity index is 480. The molecule has 2 aliphatic rings. The van der Waals surface area contributed by atoms with Gasteiger partial charge in [-0.05, 0) is 33.6 Å². The Labute approximate surface area is 119 Å². The fraction of sp³-hybridized carbons (Fsp3) is 0.714. The molecule has 1 saturated heterocycles. The number of hydrogen-bond acceptors (Lipinski definition) is 4. The largest absolute Gasteiger partial charge is 0.372 e. The number of aromatic nitrogens is 2. The van der Waals surface area contributed by atoms with E-state index >= 15 is 0 Å². The van der Waals surface area contributed by atoms with Gasteiger partial charge in [-0.25, -0.2) is 9.97 Å². The average Bonchev–Trinajstić information content (AvgIpc) is 3.15. The minimum absolute atomic E-state index is 0.223. The van der Waals surface area contributed by atoms with Gasteiger partial charge < -0.3 is 9.64 Å². The molecule has 3 rings (SSSR count). The van der Waals surface area contributed by atoms with E-state index in [1.165, 1.54) is 12.8 Å². The predicted octanol–water partition coefficient (Wildman–Crippen LogP) is 2.93. The smallest absolute Gasteiger partial charge is 0.137 e. The minimum Gasteiger partial charge on any atom is -0.372 e. The van der Waals surface area contributed by atoms with Crippen LogP contribution < -0.4 is 4.90 Å². The molecular weight excluding hydrogens is 262 g/mol. The predicted molar refractivity (Wildman–Crippen MR) is 76.0 cm³/mol. The average molecular weight is 282 g/mol. The van der Waals surface area contributed by atoms with Gasteiger partial charge in [0.05, 0.1) is 12.2 Å². The quantitative estimate of drug-likeness (QED) is 0.781. The van der Waals surface area contributed by atoms with Crippen molar-refractivity contribution in [2.45, 2.75) is 51.7 Å². The van der Waals surface area contributed by atoms with Crippen LogP contribution in [0.5, 0.6) is 0 Å². The van der Waals surface area contributed by atoms with Crippen LogP contribution >= 0.6 is 11.6 Å². The molecule has 1 aliphatic heterocycles. The Morgan fingerprint density at radius 2 is 1.79 bits per heavy atom. The summed E-state index contributed by atoms with van der Waals surface area (Å²) in [6, 6.07) is 0. The van der Waals surface area contributed by atoms with Gasteiger partial charge in [0, 0.05) is 24.6 Å². The van der Waals surface area contributed by atoms with E-state index in [-0.39, 0.29) is 12.2 Å². The van der Waals surface area contributed by atoms with Gasteiger partial charge in [0.1, 0.15) is 16.8 Å². The number of hydrogen-bond donors (Lipinski definition) is 0. The van der Waals surface area contributed by atoms with Gasteiger partial charge >= 0.3 is 0 Å². The monoisotopic (exact) mass is 281 g/mol. The molecule has 1 saturated carbocycles. The van der Waals surface area contributed by atoms with Gasteiger partial charge in [-0.2, -0.15) is 0 Å². The Morgan fingerprint density at radius 1 is 1.16 bits per heavy atom. The van der Waals surface area contributed by atoms with Crippen molar-refractivity contribution < 1.29 is 4.74 Å². The molecule has 0 unspecified atom stereocenters. The highest BCUT2D eigenvalue weighted by molar-refractivity contribution is 6.30. The van der Waals surface area contributed by atoms with E-state index in [0.717, 1.165) is 30.3 Å². The molecule has 0 N–H and O–H groups in total. The molecule has 0 amide bonds. The van der Waals surface area contributed by atoms with Crippen molar-refractivity contribution in [1.82, 2.24) is 9.97 Å². The van der Waals surface area contributed by atoms with Gasteiger partial charge in [0.15, 0.2) is 0 Å². The van der Waals surface area contributed by atoms with E-state index in [0.29, 0.717) is 11.1 Å². The fourth-order valence-corrected chi connectivity index (χ4v) is 2.85. The summed E-state index contributed by atoms with van der Waals surface area (Å²) in [6.07, 6.45) is 2.83. The highest BCUT2D eigenvalue weighted by Gasteiger charge is 2.30. The maximum atomic E-state index is 6.27. The number of nitrogens with zero attached hydrogens (tertiary/aromatic N) is 3. The summed E-state index contributed by atoms with van der Waals surface area (Å²) < 4.78 is 5.78. The molecule has 5 heteroatoms. The number of rotatable bonds is 2. The summed E-state index contributed by atoms with van der Waals surface area (Å²) in [4.78, 5) is 11.5. The standard InChI is InChI=1S/C14H20ClN3O/c1-8-6-18(7-9(2)19-8)14-10(3)12(15)16-13(17-14)11-4-5-11/h8-9,11H,4-7H2,1-3H3/t8-,9+. The van der Waals surface area contributed by atoms with Crippen LogP contribution in [0, 0.1) is 6.92 Å². The second kappa shape index (κ2) is 4.91. The lowest BCUT2D eigenvalue weighted by Gasteiger charge is -2.36. The highest BCUT2D eigenvalue weighted by atomic mass is 35.5. The van der Waals surface area contributed by atoms with Crippen molar-refractivity contribution in [2.75, 3.05) is 18.0 Å². The molecule has 1 aliphatic carbocycles. The molecule has 1 aromatic heterocycles. The molecule has 0 spiro atoms. The Hall–Kier alpha value is -0.870. The lowest BCUT2D eigenvalue weighted by molar-refractivity contribution is -0.00551. The molecule has 2 atom stereocenters. The first-order valence-electron chi connectivity index (χ1n) is 6.99. The third-order valence-electron chi connectivity index (χ3n) is 3.74. The lowest BCUT2D eigenvalue weighted by Crippen LogP contribution is -2.46. The summed E-state index contributed by atoms with van der Waals surface area (Å²) in [5.74, 6) is 2.43. The second-order valence-electron chi connectivity index (χ2n) is 5.76. The van der Waals surface area contributed by atoms with Gasteiger partial charge in [0.2, 0.25) is 0 Å². The van der Waals surface area contributed by atoms with E-state index in [9.17, 15) is 0 Å². The summed E-state index contributed by atoms with van der Waals surface area (Å²) in [5.41, 5.74) is 0.979. The van der Waals surface area contributed by atoms with Crippen molar-refractivity contribution in [2.24, 2.45) is 0 Å². The molecule has 0 bridgehead atoms. The van der Waals surface area contributed by atoms with Crippen molar-refractivity contribution in [3.63, 3.8) is 0 Å². The van der Waals surface area contributed by atoms with Gasteiger partial charge in [-0.15, -0.1) is 0 Å². The first kappa shape index (κ1) is 13.1. The molecule has 4 nitrogen and oxygen atoms in total. The number of anilines is 1. The zero-order valence-electron chi connectivity index (χ0n) is 11.7. The zero-order chi connectivity index (χ0) is 13.6. The highest BCUT2D eigenvalue weighted by Crippen LogP contribution is 2.40. The van der Waals surface area contributed by atoms with Gasteiger partial charge in [0.25, 0.3) is 0 Å². The van der Waals surface area contributed by atoms with E-state index in [4.69, 9.17) is 21.3 Å². The minimum atomic E-state index is 0.223. The van der Waals surface area contributed by atoms with Crippen LogP contribution in [0.4, 0.5) is 5.82 Å². The van der Waals surface area contributed by atoms with Gasteiger partial charge in [-0.3, -0.25) is 0 Å². The first-order chi connectivity index (χ1) is 9.04. The normalized spacial score (nSPS) is 27.7. The molecule has 0 radical (unpaired) electrons. The van der Waals surface area contributed by atoms with Crippen LogP contribution in [0.1, 0.15) is 44.0 Å². The van der Waals surface area contributed by atoms with Crippen molar-refractivity contribution in [1.29, 1.82) is 0 Å². The van der Waals surface area contributed by atoms with Crippen LogP contribution in [0.25, 0.3) is 0 Å². The molecule has 2 fully saturated rings. The SMILES string of the molecule is Cc1c(Cl)nc(C2CC2)nc1N1C[C@@H](C)O[C@@H](C)C1. The summed E-state index contributed by atoms with van der Waals surface area (Å²) in [5, 5.41) is 0.596. The summed E-state index contributed by atoms with van der Waals surface area (Å²) in [6.45, 7) is 7.93. The molecule has 2 heterocycles. The van der Waals surface area contributed by atoms with Crippen molar-refractivity contribution in [3.8, 4) is 0 Å². The van der Waals surface area contributed by atoms with Crippen molar-refractivity contribution in [3.05, 3.63) is 16.5 Å². The third-order valence-corrected chi connectivity index (χ3v) is 4.11. The van der Waals surface area contributed by atoms with E-state index in [2.05, 4.69) is 23.7 Å². The number of ether oxygens (including phenoxy) is 1. The maximum Gasteiger partial charge on any atom is 0.137 e. The Balaban J connectivity index is 1.94. The van der Waals surface area contributed by atoms with Gasteiger partial charge in [-0.1, -0.05) is 11.6 Å². The third kappa shape index (κ3) is 2.70. The van der Waals surface area contributed by atoms with Crippen molar-refractivity contribution >= 4 is 17.4 Å². The van der Waals surface area contributed by atoms with Crippen LogP contribution in [0.15, 0.2) is 0 Å². The molecular formula is C14H20ClN3O. The fourth-order valence-electron chi connectivity index (χ4n) is 2.68. The molecule has 0 aromatic carbocycles. The van der Waals surface area contributed by atoms with Crippen LogP contribution in [0.2, 0.25) is 5.15 Å². The topological polar surface area (TPSA) is 38.2 Å². The van der Waals surface area contributed by atoms with Crippen LogP contribution in [0.3, 0.4) is 0 Å². The molecule has 104 valence electrons. The maximum absolute atomic E-state index is 6.27. The van der Waals surface area contributed by atoms with E-state index < -0.39 is 0 Å². The Morgan fingerprint density at radius 3 is 2.37 bits per heavy atom. The molecule has 19 heavy (non-hydrogen) atoms. The van der Waals surface area contributed by atoms with Crippen LogP contribution in [-0.2, 0) is 4.74 Å². The first-order valence-corrected chi connectivity index (χ1v) is 7.37. The number of morpholine rings is 1. The van der Waals surface area contributed by atoms with Crippen LogP contribution in [-0.4, -0.2) is 35.3 Å².